The lowest BCUT2D eigenvalue weighted by Crippen LogP contribution is -2.07. The van der Waals surface area contributed by atoms with Crippen molar-refractivity contribution in [2.75, 3.05) is 11.6 Å². The maximum atomic E-state index is 11.3. The molecule has 1 rings (SSSR count). The van der Waals surface area contributed by atoms with Crippen LogP contribution >= 0.6 is 15.9 Å². The zero-order valence-electron chi connectivity index (χ0n) is 7.64. The average molecular weight is 279 g/mol. The van der Waals surface area contributed by atoms with Crippen LogP contribution in [0.15, 0.2) is 29.2 Å². The van der Waals surface area contributed by atoms with Gasteiger partial charge in [-0.15, -0.1) is 0 Å². The number of hydrogen-bond donors (Lipinski definition) is 1. The van der Waals surface area contributed by atoms with Gasteiger partial charge in [-0.25, -0.2) is 8.42 Å². The fourth-order valence-electron chi connectivity index (χ4n) is 1.18. The van der Waals surface area contributed by atoms with Gasteiger partial charge in [0.1, 0.15) is 0 Å². The van der Waals surface area contributed by atoms with Gasteiger partial charge in [0.25, 0.3) is 0 Å². The molecule has 0 saturated heterocycles. The van der Waals surface area contributed by atoms with E-state index in [1.807, 2.05) is 0 Å². The van der Waals surface area contributed by atoms with Crippen LogP contribution in [0.5, 0.6) is 0 Å². The van der Waals surface area contributed by atoms with Gasteiger partial charge >= 0.3 is 0 Å². The lowest BCUT2D eigenvalue weighted by atomic mass is 10.1. The van der Waals surface area contributed by atoms with Crippen molar-refractivity contribution in [1.29, 1.82) is 0 Å². The third kappa shape index (κ3) is 2.56. The van der Waals surface area contributed by atoms with E-state index in [0.29, 0.717) is 10.9 Å². The van der Waals surface area contributed by atoms with Gasteiger partial charge in [-0.2, -0.15) is 0 Å². The third-order valence-corrected chi connectivity index (χ3v) is 3.61. The molecule has 0 aliphatic carbocycles. The number of rotatable bonds is 3. The molecule has 1 aromatic rings. The zero-order chi connectivity index (χ0) is 10.8. The molecule has 0 radical (unpaired) electrons. The molecule has 78 valence electrons. The molecule has 1 unspecified atom stereocenters. The topological polar surface area (TPSA) is 54.4 Å². The quantitative estimate of drug-likeness (QED) is 0.853. The van der Waals surface area contributed by atoms with Gasteiger partial charge in [0, 0.05) is 11.6 Å². The minimum atomic E-state index is -3.27. The first-order chi connectivity index (χ1) is 6.46. The van der Waals surface area contributed by atoms with Crippen LogP contribution in [0.1, 0.15) is 11.7 Å². The van der Waals surface area contributed by atoms with Crippen molar-refractivity contribution in [3.63, 3.8) is 0 Å². The molecule has 0 spiro atoms. The summed E-state index contributed by atoms with van der Waals surface area (Å²) in [6.07, 6.45) is 0.341. The number of alkyl halides is 1. The molecule has 3 nitrogen and oxygen atoms in total. The molecular weight excluding hydrogens is 268 g/mol. The normalized spacial score (nSPS) is 13.9. The second-order valence-corrected chi connectivity index (χ2v) is 5.61. The molecule has 1 aromatic carbocycles. The number of benzene rings is 1. The van der Waals surface area contributed by atoms with Gasteiger partial charge in [0.05, 0.1) is 11.0 Å². The molecule has 5 heteroatoms. The minimum Gasteiger partial charge on any atom is -0.387 e. The second-order valence-electron chi connectivity index (χ2n) is 2.98. The molecular formula is C9H11BrO3S. The standard InChI is InChI=1S/C9H11BrO3S/c1-14(12,13)9-5-3-2-4-7(9)8(11)6-10/h2-5,8,11H,6H2,1H3. The number of aliphatic hydroxyl groups excluding tert-OH is 1. The fourth-order valence-corrected chi connectivity index (χ4v) is 2.48. The van der Waals surface area contributed by atoms with E-state index in [1.165, 1.54) is 6.07 Å². The number of hydrogen-bond acceptors (Lipinski definition) is 3. The third-order valence-electron chi connectivity index (χ3n) is 1.82. The molecule has 1 atom stereocenters. The van der Waals surface area contributed by atoms with Crippen LogP contribution in [0.2, 0.25) is 0 Å². The lowest BCUT2D eigenvalue weighted by Gasteiger charge is -2.11. The Morgan fingerprint density at radius 1 is 1.43 bits per heavy atom. The van der Waals surface area contributed by atoms with E-state index in [9.17, 15) is 13.5 Å². The summed E-state index contributed by atoms with van der Waals surface area (Å²) < 4.78 is 22.7. The Bertz CT molecular complexity index is 414. The highest BCUT2D eigenvalue weighted by molar-refractivity contribution is 9.09. The van der Waals surface area contributed by atoms with Gasteiger partial charge < -0.3 is 5.11 Å². The molecule has 0 saturated carbocycles. The summed E-state index contributed by atoms with van der Waals surface area (Å²) in [5, 5.41) is 9.88. The van der Waals surface area contributed by atoms with E-state index in [1.54, 1.807) is 18.2 Å². The Hall–Kier alpha value is -0.390. The van der Waals surface area contributed by atoms with Crippen molar-refractivity contribution < 1.29 is 13.5 Å². The Labute approximate surface area is 91.8 Å². The summed E-state index contributed by atoms with van der Waals surface area (Å²) in [5.41, 5.74) is 0.437. The molecule has 0 aliphatic heterocycles. The largest absolute Gasteiger partial charge is 0.387 e. The van der Waals surface area contributed by atoms with Crippen molar-refractivity contribution >= 4 is 25.8 Å². The highest BCUT2D eigenvalue weighted by Crippen LogP contribution is 2.23. The van der Waals surface area contributed by atoms with Crippen LogP contribution in [-0.4, -0.2) is 25.1 Å². The van der Waals surface area contributed by atoms with Crippen LogP contribution in [0.4, 0.5) is 0 Å². The Balaban J connectivity index is 3.30. The molecule has 0 fully saturated rings. The van der Waals surface area contributed by atoms with E-state index in [2.05, 4.69) is 15.9 Å². The van der Waals surface area contributed by atoms with E-state index in [0.717, 1.165) is 6.26 Å². The summed E-state index contributed by atoms with van der Waals surface area (Å²) in [7, 11) is -3.27. The monoisotopic (exact) mass is 278 g/mol. The maximum absolute atomic E-state index is 11.3. The van der Waals surface area contributed by atoms with Crippen LogP contribution in [-0.2, 0) is 9.84 Å². The highest BCUT2D eigenvalue weighted by Gasteiger charge is 2.17. The van der Waals surface area contributed by atoms with Crippen molar-refractivity contribution in [3.8, 4) is 0 Å². The van der Waals surface area contributed by atoms with Gasteiger partial charge in [-0.05, 0) is 11.6 Å². The first kappa shape index (κ1) is 11.7. The molecule has 0 amide bonds. The van der Waals surface area contributed by atoms with E-state index >= 15 is 0 Å². The maximum Gasteiger partial charge on any atom is 0.175 e. The average Bonchev–Trinajstić information content (AvgIpc) is 2.15. The molecule has 0 heterocycles. The summed E-state index contributed by atoms with van der Waals surface area (Å²) in [6.45, 7) is 0. The number of sulfone groups is 1. The van der Waals surface area contributed by atoms with Gasteiger partial charge in [-0.1, -0.05) is 34.1 Å². The smallest absolute Gasteiger partial charge is 0.175 e. The SMILES string of the molecule is CS(=O)(=O)c1ccccc1C(O)CBr. The summed E-state index contributed by atoms with van der Waals surface area (Å²) in [5.74, 6) is 0. The minimum absolute atomic E-state index is 0.187. The lowest BCUT2D eigenvalue weighted by molar-refractivity contribution is 0.202. The Morgan fingerprint density at radius 2 is 2.00 bits per heavy atom. The Morgan fingerprint density at radius 3 is 2.50 bits per heavy atom. The number of halogens is 1. The van der Waals surface area contributed by atoms with Crippen molar-refractivity contribution in [2.24, 2.45) is 0 Å². The molecule has 0 aromatic heterocycles. The van der Waals surface area contributed by atoms with Crippen molar-refractivity contribution in [3.05, 3.63) is 29.8 Å². The van der Waals surface area contributed by atoms with E-state index in [-0.39, 0.29) is 4.90 Å². The Kier molecular flexibility index (Phi) is 3.69. The molecule has 0 aliphatic rings. The van der Waals surface area contributed by atoms with Crippen LogP contribution in [0.3, 0.4) is 0 Å². The summed E-state index contributed by atoms with van der Waals surface area (Å²) in [4.78, 5) is 0.187. The van der Waals surface area contributed by atoms with Gasteiger partial charge in [0.2, 0.25) is 0 Å². The van der Waals surface area contributed by atoms with E-state index < -0.39 is 15.9 Å². The predicted octanol–water partition coefficient (Wildman–Crippen LogP) is 1.52. The number of aliphatic hydroxyl groups is 1. The second kappa shape index (κ2) is 4.42. The molecule has 1 N–H and O–H groups in total. The zero-order valence-corrected chi connectivity index (χ0v) is 10.0. The van der Waals surface area contributed by atoms with Gasteiger partial charge in [-0.3, -0.25) is 0 Å². The van der Waals surface area contributed by atoms with Crippen LogP contribution in [0.25, 0.3) is 0 Å². The van der Waals surface area contributed by atoms with Gasteiger partial charge in [0.15, 0.2) is 9.84 Å². The first-order valence-corrected chi connectivity index (χ1v) is 7.01. The summed E-state index contributed by atoms with van der Waals surface area (Å²) >= 11 is 3.11. The van der Waals surface area contributed by atoms with Crippen LogP contribution in [0, 0.1) is 0 Å². The van der Waals surface area contributed by atoms with Crippen molar-refractivity contribution in [2.45, 2.75) is 11.0 Å². The first-order valence-electron chi connectivity index (χ1n) is 4.00. The fraction of sp³-hybridized carbons (Fsp3) is 0.333. The molecule has 14 heavy (non-hydrogen) atoms. The summed E-state index contributed by atoms with van der Waals surface area (Å²) in [6, 6.07) is 6.45. The van der Waals surface area contributed by atoms with Crippen LogP contribution < -0.4 is 0 Å². The van der Waals surface area contributed by atoms with E-state index in [4.69, 9.17) is 0 Å². The highest BCUT2D eigenvalue weighted by atomic mass is 79.9. The predicted molar refractivity (Wildman–Crippen MR) is 58.3 cm³/mol. The molecule has 0 bridgehead atoms. The van der Waals surface area contributed by atoms with Crippen molar-refractivity contribution in [1.82, 2.24) is 0 Å².